The van der Waals surface area contributed by atoms with Gasteiger partial charge in [0.2, 0.25) is 0 Å². The molecule has 0 saturated heterocycles. The Bertz CT molecular complexity index is 776. The first kappa shape index (κ1) is 23.3. The topological polar surface area (TPSA) is 29.5 Å². The van der Waals surface area contributed by atoms with Crippen LogP contribution >= 0.6 is 0 Å². The lowest BCUT2D eigenvalue weighted by Gasteiger charge is -2.56. The molecule has 0 unspecified atom stereocenters. The number of rotatable bonds is 5. The molecular weight excluding hydrogens is 380 g/mol. The fourth-order valence-corrected chi connectivity index (χ4v) is 7.75. The summed E-state index contributed by atoms with van der Waals surface area (Å²) in [5.41, 5.74) is 3.77. The number of allylic oxidation sites excluding steroid dienone is 5. The molecule has 3 fully saturated rings. The third-order valence-electron chi connectivity index (χ3n) is 10.5. The van der Waals surface area contributed by atoms with Gasteiger partial charge in [-0.05, 0) is 78.4 Å². The minimum atomic E-state index is -0.965. The van der Waals surface area contributed by atoms with Crippen LogP contribution < -0.4 is 0 Å². The average molecular weight is 427 g/mol. The number of hydrogen-bond donors (Lipinski definition) is 1. The zero-order chi connectivity index (χ0) is 22.6. The van der Waals surface area contributed by atoms with Crippen LogP contribution in [0, 0.1) is 46.3 Å². The minimum absolute atomic E-state index is 0.201. The molecule has 0 aromatic heterocycles. The summed E-state index contributed by atoms with van der Waals surface area (Å²) in [4.78, 5) is 0. The third kappa shape index (κ3) is 3.80. The first-order valence-corrected chi connectivity index (χ1v) is 12.9. The predicted octanol–water partition coefficient (Wildman–Crippen LogP) is 7.30. The van der Waals surface area contributed by atoms with Gasteiger partial charge >= 0.3 is 0 Å². The largest absolute Gasteiger partial charge is 0.365 e. The molecule has 0 spiro atoms. The van der Waals surface area contributed by atoms with Crippen molar-refractivity contribution in [3.05, 3.63) is 35.5 Å². The molecule has 174 valence electrons. The summed E-state index contributed by atoms with van der Waals surface area (Å²) >= 11 is 0. The normalized spacial score (nSPS) is 44.4. The van der Waals surface area contributed by atoms with Crippen molar-refractivity contribution in [3.8, 4) is 0 Å². The van der Waals surface area contributed by atoms with Gasteiger partial charge in [-0.15, -0.1) is 0 Å². The SMILES string of the molecule is CO[C@]1(O)CC[C@@]2(C)C(=CC=C3[C@@H]4CC[C@H]([C@H](C)C=C[C@H](C)C(C)C)[C@@]4(C)CC[C@@H]32)C1. The van der Waals surface area contributed by atoms with E-state index >= 15 is 0 Å². The highest BCUT2D eigenvalue weighted by Crippen LogP contribution is 2.66. The lowest BCUT2D eigenvalue weighted by Crippen LogP contribution is -2.49. The summed E-state index contributed by atoms with van der Waals surface area (Å²) in [6.07, 6.45) is 17.7. The second-order valence-corrected chi connectivity index (χ2v) is 12.3. The Morgan fingerprint density at radius 1 is 0.968 bits per heavy atom. The van der Waals surface area contributed by atoms with E-state index < -0.39 is 5.79 Å². The molecule has 8 atom stereocenters. The highest BCUT2D eigenvalue weighted by molar-refractivity contribution is 5.39. The Balaban J connectivity index is 1.57. The van der Waals surface area contributed by atoms with Gasteiger partial charge in [0.1, 0.15) is 0 Å². The van der Waals surface area contributed by atoms with Crippen molar-refractivity contribution in [2.75, 3.05) is 7.11 Å². The summed E-state index contributed by atoms with van der Waals surface area (Å²) in [7, 11) is 1.65. The van der Waals surface area contributed by atoms with Gasteiger partial charge in [-0.3, -0.25) is 0 Å². The van der Waals surface area contributed by atoms with Gasteiger partial charge in [0.25, 0.3) is 0 Å². The van der Waals surface area contributed by atoms with Crippen molar-refractivity contribution in [2.24, 2.45) is 46.3 Å². The molecule has 4 rings (SSSR count). The van der Waals surface area contributed by atoms with Crippen molar-refractivity contribution in [1.29, 1.82) is 0 Å². The first-order valence-electron chi connectivity index (χ1n) is 12.9. The average Bonchev–Trinajstić information content (AvgIpc) is 3.09. The van der Waals surface area contributed by atoms with Crippen LogP contribution in [0.5, 0.6) is 0 Å². The molecule has 0 amide bonds. The Kier molecular flexibility index (Phi) is 6.14. The van der Waals surface area contributed by atoms with Gasteiger partial charge in [-0.2, -0.15) is 0 Å². The lowest BCUT2D eigenvalue weighted by molar-refractivity contribution is -0.205. The smallest absolute Gasteiger partial charge is 0.168 e. The molecule has 0 aromatic carbocycles. The van der Waals surface area contributed by atoms with Crippen molar-refractivity contribution in [2.45, 2.75) is 92.3 Å². The summed E-state index contributed by atoms with van der Waals surface area (Å²) in [5.74, 6) is 3.23. The van der Waals surface area contributed by atoms with Crippen molar-refractivity contribution in [3.63, 3.8) is 0 Å². The van der Waals surface area contributed by atoms with E-state index in [1.807, 2.05) is 0 Å². The number of fused-ring (bicyclic) bond motifs is 5. The molecule has 0 radical (unpaired) electrons. The van der Waals surface area contributed by atoms with E-state index in [1.165, 1.54) is 31.3 Å². The minimum Gasteiger partial charge on any atom is -0.365 e. The molecule has 4 aliphatic rings. The van der Waals surface area contributed by atoms with E-state index in [2.05, 4.69) is 65.8 Å². The summed E-state index contributed by atoms with van der Waals surface area (Å²) < 4.78 is 5.48. The molecule has 2 heteroatoms. The van der Waals surface area contributed by atoms with E-state index in [1.54, 1.807) is 12.7 Å². The molecule has 2 nitrogen and oxygen atoms in total. The van der Waals surface area contributed by atoms with Crippen LogP contribution in [0.4, 0.5) is 0 Å². The van der Waals surface area contributed by atoms with Crippen LogP contribution in [0.2, 0.25) is 0 Å². The zero-order valence-electron chi connectivity index (χ0n) is 21.1. The lowest BCUT2D eigenvalue weighted by atomic mass is 9.50. The van der Waals surface area contributed by atoms with Gasteiger partial charge in [0.15, 0.2) is 5.79 Å². The van der Waals surface area contributed by atoms with E-state index in [-0.39, 0.29) is 5.41 Å². The molecule has 0 bridgehead atoms. The van der Waals surface area contributed by atoms with Crippen LogP contribution in [-0.2, 0) is 4.74 Å². The van der Waals surface area contributed by atoms with Crippen molar-refractivity contribution in [1.82, 2.24) is 0 Å². The quantitative estimate of drug-likeness (QED) is 0.369. The maximum atomic E-state index is 10.7. The Hall–Kier alpha value is -0.860. The molecule has 31 heavy (non-hydrogen) atoms. The first-order chi connectivity index (χ1) is 14.5. The molecule has 0 aliphatic heterocycles. The maximum absolute atomic E-state index is 10.7. The van der Waals surface area contributed by atoms with Crippen molar-refractivity contribution < 1.29 is 9.84 Å². The van der Waals surface area contributed by atoms with Crippen molar-refractivity contribution >= 4 is 0 Å². The van der Waals surface area contributed by atoms with Gasteiger partial charge in [0.05, 0.1) is 0 Å². The van der Waals surface area contributed by atoms with Gasteiger partial charge in [0, 0.05) is 20.0 Å². The Morgan fingerprint density at radius 2 is 1.71 bits per heavy atom. The van der Waals surface area contributed by atoms with Crippen LogP contribution in [0.15, 0.2) is 35.5 Å². The number of hydrogen-bond acceptors (Lipinski definition) is 2. The fraction of sp³-hybridized carbons (Fsp3) is 0.793. The molecule has 4 aliphatic carbocycles. The van der Waals surface area contributed by atoms with Gasteiger partial charge < -0.3 is 9.84 Å². The molecular formula is C29H46O2. The molecule has 0 heterocycles. The van der Waals surface area contributed by atoms with Crippen LogP contribution in [0.1, 0.15) is 86.5 Å². The standard InChI is InChI=1S/C29H46O2/c1-19(2)20(3)8-9-21(4)24-12-13-25-23-11-10-22-18-29(30,31-7)17-16-27(22,5)26(23)14-15-28(24,25)6/h8-11,19-21,24-26,30H,12-18H2,1-7H3/t20-,21+,24+,25-,26-,27-,28+,29+/m0/s1. The van der Waals surface area contributed by atoms with Gasteiger partial charge in [-0.1, -0.05) is 77.0 Å². The highest BCUT2D eigenvalue weighted by Gasteiger charge is 2.57. The summed E-state index contributed by atoms with van der Waals surface area (Å²) in [5, 5.41) is 10.7. The van der Waals surface area contributed by atoms with E-state index in [0.717, 1.165) is 24.7 Å². The molecule has 0 aromatic rings. The maximum Gasteiger partial charge on any atom is 0.168 e. The summed E-state index contributed by atoms with van der Waals surface area (Å²) in [6, 6.07) is 0. The van der Waals surface area contributed by atoms with E-state index in [9.17, 15) is 5.11 Å². The van der Waals surface area contributed by atoms with Gasteiger partial charge in [-0.25, -0.2) is 0 Å². The highest BCUT2D eigenvalue weighted by atomic mass is 16.6. The monoisotopic (exact) mass is 426 g/mol. The third-order valence-corrected chi connectivity index (χ3v) is 10.5. The summed E-state index contributed by atoms with van der Waals surface area (Å²) in [6.45, 7) is 14.5. The fourth-order valence-electron chi connectivity index (χ4n) is 7.75. The predicted molar refractivity (Wildman–Crippen MR) is 129 cm³/mol. The molecule has 3 saturated carbocycles. The van der Waals surface area contributed by atoms with Crippen LogP contribution in [0.3, 0.4) is 0 Å². The van der Waals surface area contributed by atoms with E-state index in [4.69, 9.17) is 4.74 Å². The number of aliphatic hydroxyl groups is 1. The number of methoxy groups -OCH3 is 1. The Morgan fingerprint density at radius 3 is 2.39 bits per heavy atom. The van der Waals surface area contributed by atoms with E-state index in [0.29, 0.717) is 35.5 Å². The van der Waals surface area contributed by atoms with Crippen LogP contribution in [0.25, 0.3) is 0 Å². The second kappa shape index (κ2) is 8.17. The Labute approximate surface area is 191 Å². The van der Waals surface area contributed by atoms with Crippen LogP contribution in [-0.4, -0.2) is 18.0 Å². The molecule has 1 N–H and O–H groups in total. The zero-order valence-corrected chi connectivity index (χ0v) is 21.1. The second-order valence-electron chi connectivity index (χ2n) is 12.3. The number of ether oxygens (including phenoxy) is 1.